The summed E-state index contributed by atoms with van der Waals surface area (Å²) in [5, 5.41) is 0. The summed E-state index contributed by atoms with van der Waals surface area (Å²) in [5.41, 5.74) is -0.228. The lowest BCUT2D eigenvalue weighted by Crippen LogP contribution is -2.47. The van der Waals surface area contributed by atoms with Crippen molar-refractivity contribution in [3.05, 3.63) is 0 Å². The van der Waals surface area contributed by atoms with Crippen LogP contribution in [0.5, 0.6) is 0 Å². The molecule has 0 aliphatic heterocycles. The van der Waals surface area contributed by atoms with Gasteiger partial charge in [0.05, 0.1) is 5.75 Å². The second-order valence-corrected chi connectivity index (χ2v) is 5.60. The topological polar surface area (TPSA) is 46.2 Å². The molecule has 0 unspecified atom stereocenters. The molecule has 0 atom stereocenters. The Balaban J connectivity index is 4.59. The SMILES string of the molecule is CCCS(=O)(=O)NC(CC)(CC)CC. The van der Waals surface area contributed by atoms with E-state index in [1.807, 2.05) is 27.7 Å². The third-order valence-corrected chi connectivity index (χ3v) is 4.56. The highest BCUT2D eigenvalue weighted by atomic mass is 32.2. The van der Waals surface area contributed by atoms with Crippen molar-refractivity contribution >= 4 is 10.0 Å². The average Bonchev–Trinajstić information content (AvgIpc) is 2.14. The summed E-state index contributed by atoms with van der Waals surface area (Å²) in [6.45, 7) is 7.97. The standard InChI is InChI=1S/C10H23NO2S/c1-5-9-14(12,13)11-10(6-2,7-3)8-4/h11H,5-9H2,1-4H3. The molecule has 0 radical (unpaired) electrons. The van der Waals surface area contributed by atoms with Crippen LogP contribution < -0.4 is 4.72 Å². The van der Waals surface area contributed by atoms with Crippen molar-refractivity contribution in [3.8, 4) is 0 Å². The molecule has 0 bridgehead atoms. The molecule has 4 heteroatoms. The van der Waals surface area contributed by atoms with E-state index in [0.29, 0.717) is 6.42 Å². The molecule has 1 N–H and O–H groups in total. The van der Waals surface area contributed by atoms with E-state index < -0.39 is 10.0 Å². The van der Waals surface area contributed by atoms with Gasteiger partial charge in [0.2, 0.25) is 10.0 Å². The second-order valence-electron chi connectivity index (χ2n) is 3.76. The van der Waals surface area contributed by atoms with Gasteiger partial charge in [0.25, 0.3) is 0 Å². The summed E-state index contributed by atoms with van der Waals surface area (Å²) in [4.78, 5) is 0. The van der Waals surface area contributed by atoms with Gasteiger partial charge in [-0.2, -0.15) is 0 Å². The van der Waals surface area contributed by atoms with Crippen LogP contribution in [0.1, 0.15) is 53.4 Å². The van der Waals surface area contributed by atoms with E-state index in [4.69, 9.17) is 0 Å². The molecule has 14 heavy (non-hydrogen) atoms. The zero-order valence-corrected chi connectivity index (χ0v) is 10.6. The smallest absolute Gasteiger partial charge is 0.212 e. The number of nitrogens with one attached hydrogen (secondary N) is 1. The van der Waals surface area contributed by atoms with Crippen LogP contribution in [0.25, 0.3) is 0 Å². The van der Waals surface area contributed by atoms with E-state index in [1.54, 1.807) is 0 Å². The first-order valence-electron chi connectivity index (χ1n) is 5.47. The Labute approximate surface area is 88.3 Å². The van der Waals surface area contributed by atoms with E-state index in [-0.39, 0.29) is 11.3 Å². The lowest BCUT2D eigenvalue weighted by atomic mass is 9.91. The highest BCUT2D eigenvalue weighted by Gasteiger charge is 2.28. The number of sulfonamides is 1. The highest BCUT2D eigenvalue weighted by Crippen LogP contribution is 2.20. The molecule has 0 saturated heterocycles. The normalized spacial score (nSPS) is 13.1. The Hall–Kier alpha value is -0.0900. The Bertz CT molecular complexity index is 235. The van der Waals surface area contributed by atoms with Gasteiger partial charge in [0, 0.05) is 5.54 Å². The number of hydrogen-bond acceptors (Lipinski definition) is 2. The van der Waals surface area contributed by atoms with Crippen LogP contribution in [0.4, 0.5) is 0 Å². The average molecular weight is 221 g/mol. The molecule has 0 amide bonds. The monoisotopic (exact) mass is 221 g/mol. The molecule has 0 spiro atoms. The van der Waals surface area contributed by atoms with E-state index in [9.17, 15) is 8.42 Å². The van der Waals surface area contributed by atoms with Crippen LogP contribution >= 0.6 is 0 Å². The van der Waals surface area contributed by atoms with Gasteiger partial charge in [-0.3, -0.25) is 0 Å². The molecule has 86 valence electrons. The minimum atomic E-state index is -3.08. The van der Waals surface area contributed by atoms with Crippen LogP contribution in [-0.4, -0.2) is 19.7 Å². The van der Waals surface area contributed by atoms with Crippen molar-refractivity contribution in [2.45, 2.75) is 58.9 Å². The summed E-state index contributed by atoms with van der Waals surface area (Å²) in [7, 11) is -3.08. The molecule has 0 fully saturated rings. The first-order valence-corrected chi connectivity index (χ1v) is 7.12. The molecule has 0 saturated carbocycles. The summed E-state index contributed by atoms with van der Waals surface area (Å²) in [5.74, 6) is 0.231. The first-order chi connectivity index (χ1) is 6.45. The number of hydrogen-bond donors (Lipinski definition) is 1. The van der Waals surface area contributed by atoms with Crippen LogP contribution in [-0.2, 0) is 10.0 Å². The zero-order valence-electron chi connectivity index (χ0n) is 9.76. The van der Waals surface area contributed by atoms with Crippen molar-refractivity contribution in [1.82, 2.24) is 4.72 Å². The maximum absolute atomic E-state index is 11.6. The predicted octanol–water partition coefficient (Wildman–Crippen LogP) is 2.28. The maximum Gasteiger partial charge on any atom is 0.212 e. The third kappa shape index (κ3) is 3.96. The van der Waals surface area contributed by atoms with Gasteiger partial charge >= 0.3 is 0 Å². The van der Waals surface area contributed by atoms with Gasteiger partial charge in [0.15, 0.2) is 0 Å². The molecule has 0 aliphatic rings. The minimum Gasteiger partial charge on any atom is -0.212 e. The van der Waals surface area contributed by atoms with Crippen LogP contribution in [0.2, 0.25) is 0 Å². The van der Waals surface area contributed by atoms with Crippen LogP contribution in [0.15, 0.2) is 0 Å². The van der Waals surface area contributed by atoms with Crippen molar-refractivity contribution < 1.29 is 8.42 Å². The zero-order chi connectivity index (χ0) is 11.2. The maximum atomic E-state index is 11.6. The quantitative estimate of drug-likeness (QED) is 0.717. The van der Waals surface area contributed by atoms with Gasteiger partial charge in [-0.15, -0.1) is 0 Å². The first kappa shape index (κ1) is 13.9. The lowest BCUT2D eigenvalue weighted by molar-refractivity contribution is 0.341. The molecule has 0 heterocycles. The Morgan fingerprint density at radius 3 is 1.71 bits per heavy atom. The predicted molar refractivity (Wildman–Crippen MR) is 60.8 cm³/mol. The van der Waals surface area contributed by atoms with Crippen LogP contribution in [0.3, 0.4) is 0 Å². The molecule has 0 aromatic heterocycles. The van der Waals surface area contributed by atoms with Crippen molar-refractivity contribution in [2.75, 3.05) is 5.75 Å². The molecule has 3 nitrogen and oxygen atoms in total. The lowest BCUT2D eigenvalue weighted by Gasteiger charge is -2.31. The summed E-state index contributed by atoms with van der Waals surface area (Å²) in [6.07, 6.45) is 3.22. The van der Waals surface area contributed by atoms with E-state index >= 15 is 0 Å². The van der Waals surface area contributed by atoms with Gasteiger partial charge in [-0.05, 0) is 25.7 Å². The van der Waals surface area contributed by atoms with E-state index in [1.165, 1.54) is 0 Å². The van der Waals surface area contributed by atoms with Gasteiger partial charge in [-0.1, -0.05) is 27.7 Å². The fourth-order valence-electron chi connectivity index (χ4n) is 1.62. The van der Waals surface area contributed by atoms with Crippen molar-refractivity contribution in [1.29, 1.82) is 0 Å². The number of rotatable bonds is 7. The fourth-order valence-corrected chi connectivity index (χ4v) is 3.35. The van der Waals surface area contributed by atoms with E-state index in [0.717, 1.165) is 19.3 Å². The van der Waals surface area contributed by atoms with Crippen molar-refractivity contribution in [2.24, 2.45) is 0 Å². The van der Waals surface area contributed by atoms with Crippen molar-refractivity contribution in [3.63, 3.8) is 0 Å². The highest BCUT2D eigenvalue weighted by molar-refractivity contribution is 7.89. The summed E-state index contributed by atoms with van der Waals surface area (Å²) < 4.78 is 26.1. The fraction of sp³-hybridized carbons (Fsp3) is 1.00. The Morgan fingerprint density at radius 1 is 1.00 bits per heavy atom. The minimum absolute atomic E-state index is 0.228. The molecular weight excluding hydrogens is 198 g/mol. The van der Waals surface area contributed by atoms with Gasteiger partial charge in [0.1, 0.15) is 0 Å². The van der Waals surface area contributed by atoms with Gasteiger partial charge in [-0.25, -0.2) is 13.1 Å². The molecule has 0 rings (SSSR count). The molecule has 0 aromatic carbocycles. The van der Waals surface area contributed by atoms with Crippen LogP contribution in [0, 0.1) is 0 Å². The Morgan fingerprint density at radius 2 is 1.43 bits per heavy atom. The summed E-state index contributed by atoms with van der Waals surface area (Å²) >= 11 is 0. The molecule has 0 aliphatic carbocycles. The third-order valence-electron chi connectivity index (χ3n) is 2.88. The largest absolute Gasteiger partial charge is 0.212 e. The Kier molecular flexibility index (Phi) is 5.67. The van der Waals surface area contributed by atoms with Gasteiger partial charge < -0.3 is 0 Å². The molecule has 0 aromatic rings. The second kappa shape index (κ2) is 5.71. The summed E-state index contributed by atoms with van der Waals surface area (Å²) in [6, 6.07) is 0. The molecular formula is C10H23NO2S. The van der Waals surface area contributed by atoms with E-state index in [2.05, 4.69) is 4.72 Å².